The number of likely N-dealkylation sites (N-methyl/N-ethyl adjacent to an activating group) is 1. The third kappa shape index (κ3) is 4.53. The molecule has 0 heterocycles. The van der Waals surface area contributed by atoms with Crippen molar-refractivity contribution < 1.29 is 19.0 Å². The third-order valence-corrected chi connectivity index (χ3v) is 2.97. The molecule has 0 radical (unpaired) electrons. The molecule has 1 aromatic rings. The fourth-order valence-electron chi connectivity index (χ4n) is 1.91. The first-order chi connectivity index (χ1) is 10.1. The molecule has 118 valence electrons. The van der Waals surface area contributed by atoms with Crippen molar-refractivity contribution >= 4 is 5.91 Å². The molecule has 1 atom stereocenters. The molecule has 0 fully saturated rings. The minimum absolute atomic E-state index is 0.187. The van der Waals surface area contributed by atoms with Crippen LogP contribution < -0.4 is 25.3 Å². The van der Waals surface area contributed by atoms with Gasteiger partial charge in [0.15, 0.2) is 17.6 Å². The summed E-state index contributed by atoms with van der Waals surface area (Å²) in [5, 5.41) is 2.71. The maximum Gasteiger partial charge on any atom is 0.260 e. The normalized spacial score (nSPS) is 11.7. The third-order valence-electron chi connectivity index (χ3n) is 2.97. The first kappa shape index (κ1) is 17.1. The Morgan fingerprint density at radius 1 is 1.29 bits per heavy atom. The van der Waals surface area contributed by atoms with Crippen LogP contribution in [0.15, 0.2) is 12.1 Å². The van der Waals surface area contributed by atoms with Gasteiger partial charge in [-0.25, -0.2) is 0 Å². The summed E-state index contributed by atoms with van der Waals surface area (Å²) in [7, 11) is 3.09. The highest BCUT2D eigenvalue weighted by atomic mass is 16.5. The molecule has 0 aromatic heterocycles. The average molecular weight is 296 g/mol. The summed E-state index contributed by atoms with van der Waals surface area (Å²) in [5.74, 6) is 1.27. The Hall–Kier alpha value is -1.95. The van der Waals surface area contributed by atoms with Crippen molar-refractivity contribution in [2.75, 3.05) is 27.3 Å². The van der Waals surface area contributed by atoms with E-state index in [9.17, 15) is 4.79 Å². The van der Waals surface area contributed by atoms with Crippen molar-refractivity contribution in [3.05, 3.63) is 17.7 Å². The number of rotatable bonds is 8. The number of nitrogens with two attached hydrogens (primary N) is 1. The minimum atomic E-state index is -0.645. The van der Waals surface area contributed by atoms with Gasteiger partial charge < -0.3 is 25.3 Å². The van der Waals surface area contributed by atoms with E-state index in [-0.39, 0.29) is 5.91 Å². The van der Waals surface area contributed by atoms with Crippen molar-refractivity contribution in [1.82, 2.24) is 5.32 Å². The fraction of sp³-hybridized carbons (Fsp3) is 0.533. The summed E-state index contributed by atoms with van der Waals surface area (Å²) >= 11 is 0. The summed E-state index contributed by atoms with van der Waals surface area (Å²) < 4.78 is 16.4. The molecule has 0 bridgehead atoms. The van der Waals surface area contributed by atoms with E-state index in [0.717, 1.165) is 5.56 Å². The summed E-state index contributed by atoms with van der Waals surface area (Å²) in [5.41, 5.74) is 6.56. The van der Waals surface area contributed by atoms with Crippen molar-refractivity contribution in [3.63, 3.8) is 0 Å². The van der Waals surface area contributed by atoms with E-state index in [4.69, 9.17) is 19.9 Å². The maximum atomic E-state index is 11.8. The predicted octanol–water partition coefficient (Wildman–Crippen LogP) is 1.11. The summed E-state index contributed by atoms with van der Waals surface area (Å²) in [6, 6.07) is 3.68. The highest BCUT2D eigenvalue weighted by Gasteiger charge is 2.20. The zero-order valence-corrected chi connectivity index (χ0v) is 13.1. The van der Waals surface area contributed by atoms with Crippen molar-refractivity contribution in [2.45, 2.75) is 26.4 Å². The van der Waals surface area contributed by atoms with Gasteiger partial charge >= 0.3 is 0 Å². The van der Waals surface area contributed by atoms with Crippen LogP contribution in [0.4, 0.5) is 0 Å². The number of benzene rings is 1. The van der Waals surface area contributed by atoms with Crippen LogP contribution in [0.1, 0.15) is 19.4 Å². The Balaban J connectivity index is 3.06. The van der Waals surface area contributed by atoms with Crippen LogP contribution in [0.25, 0.3) is 0 Å². The molecule has 1 amide bonds. The lowest BCUT2D eigenvalue weighted by molar-refractivity contribution is -0.127. The fourth-order valence-corrected chi connectivity index (χ4v) is 1.91. The van der Waals surface area contributed by atoms with Gasteiger partial charge in [-0.3, -0.25) is 4.79 Å². The molecule has 0 spiro atoms. The predicted molar refractivity (Wildman–Crippen MR) is 81.1 cm³/mol. The van der Waals surface area contributed by atoms with Gasteiger partial charge in [0, 0.05) is 6.54 Å². The van der Waals surface area contributed by atoms with Crippen LogP contribution in [0.3, 0.4) is 0 Å². The number of amides is 1. The number of nitrogens with one attached hydrogen (secondary N) is 1. The lowest BCUT2D eigenvalue weighted by Crippen LogP contribution is -2.36. The summed E-state index contributed by atoms with van der Waals surface area (Å²) in [6.07, 6.45) is 0.0619. The zero-order valence-electron chi connectivity index (χ0n) is 13.1. The molecule has 6 heteroatoms. The second kappa shape index (κ2) is 8.36. The molecular weight excluding hydrogens is 272 g/mol. The van der Waals surface area contributed by atoms with Crippen molar-refractivity contribution in [3.8, 4) is 17.2 Å². The van der Waals surface area contributed by atoms with E-state index in [1.165, 1.54) is 0 Å². The van der Waals surface area contributed by atoms with Crippen LogP contribution >= 0.6 is 0 Å². The zero-order chi connectivity index (χ0) is 15.8. The second-order valence-corrected chi connectivity index (χ2v) is 4.52. The monoisotopic (exact) mass is 296 g/mol. The number of hydrogen-bond acceptors (Lipinski definition) is 5. The van der Waals surface area contributed by atoms with E-state index < -0.39 is 6.10 Å². The molecule has 0 saturated carbocycles. The van der Waals surface area contributed by atoms with Gasteiger partial charge in [0.1, 0.15) is 0 Å². The lowest BCUT2D eigenvalue weighted by Gasteiger charge is -2.19. The number of methoxy groups -OCH3 is 2. The standard InChI is InChI=1S/C15H24N2O4/c1-5-17-15(18)10(2)21-14-12(19-3)8-11(6-7-16)9-13(14)20-4/h8-10H,5-7,16H2,1-4H3,(H,17,18). The highest BCUT2D eigenvalue weighted by molar-refractivity contribution is 5.80. The van der Waals surface area contributed by atoms with Gasteiger partial charge in [-0.1, -0.05) is 0 Å². The van der Waals surface area contributed by atoms with E-state index in [2.05, 4.69) is 5.32 Å². The Morgan fingerprint density at radius 2 is 1.86 bits per heavy atom. The molecule has 6 nitrogen and oxygen atoms in total. The molecule has 1 rings (SSSR count). The van der Waals surface area contributed by atoms with E-state index in [0.29, 0.717) is 36.8 Å². The molecule has 1 aromatic carbocycles. The molecule has 1 unspecified atom stereocenters. The topological polar surface area (TPSA) is 82.8 Å². The molecule has 21 heavy (non-hydrogen) atoms. The Labute approximate surface area is 125 Å². The number of carbonyl (C=O) groups excluding carboxylic acids is 1. The van der Waals surface area contributed by atoms with E-state index in [1.54, 1.807) is 21.1 Å². The minimum Gasteiger partial charge on any atom is -0.493 e. The largest absolute Gasteiger partial charge is 0.493 e. The van der Waals surface area contributed by atoms with Crippen LogP contribution in [-0.4, -0.2) is 39.3 Å². The van der Waals surface area contributed by atoms with Crippen LogP contribution in [0.2, 0.25) is 0 Å². The van der Waals surface area contributed by atoms with Crippen LogP contribution in [0, 0.1) is 0 Å². The van der Waals surface area contributed by atoms with Crippen LogP contribution in [0.5, 0.6) is 17.2 Å². The van der Waals surface area contributed by atoms with Gasteiger partial charge in [0.25, 0.3) is 5.91 Å². The smallest absolute Gasteiger partial charge is 0.260 e. The summed E-state index contributed by atoms with van der Waals surface area (Å²) in [6.45, 7) is 4.61. The van der Waals surface area contributed by atoms with E-state index >= 15 is 0 Å². The van der Waals surface area contributed by atoms with Crippen molar-refractivity contribution in [2.24, 2.45) is 5.73 Å². The first-order valence-electron chi connectivity index (χ1n) is 6.96. The van der Waals surface area contributed by atoms with Crippen LogP contribution in [-0.2, 0) is 11.2 Å². The molecular formula is C15H24N2O4. The van der Waals surface area contributed by atoms with Gasteiger partial charge in [-0.15, -0.1) is 0 Å². The number of hydrogen-bond donors (Lipinski definition) is 2. The molecule has 0 aliphatic rings. The summed E-state index contributed by atoms with van der Waals surface area (Å²) in [4.78, 5) is 11.8. The maximum absolute atomic E-state index is 11.8. The van der Waals surface area contributed by atoms with Gasteiger partial charge in [-0.05, 0) is 44.5 Å². The van der Waals surface area contributed by atoms with E-state index in [1.807, 2.05) is 19.1 Å². The Bertz CT molecular complexity index is 452. The number of ether oxygens (including phenoxy) is 3. The van der Waals surface area contributed by atoms with Gasteiger partial charge in [-0.2, -0.15) is 0 Å². The number of carbonyl (C=O) groups is 1. The first-order valence-corrected chi connectivity index (χ1v) is 6.96. The second-order valence-electron chi connectivity index (χ2n) is 4.52. The Morgan fingerprint density at radius 3 is 2.29 bits per heavy atom. The van der Waals surface area contributed by atoms with Gasteiger partial charge in [0.2, 0.25) is 5.75 Å². The average Bonchev–Trinajstić information content (AvgIpc) is 2.48. The molecule has 0 aliphatic carbocycles. The highest BCUT2D eigenvalue weighted by Crippen LogP contribution is 2.39. The van der Waals surface area contributed by atoms with Gasteiger partial charge in [0.05, 0.1) is 14.2 Å². The van der Waals surface area contributed by atoms with Crippen molar-refractivity contribution in [1.29, 1.82) is 0 Å². The quantitative estimate of drug-likeness (QED) is 0.751. The molecule has 3 N–H and O–H groups in total. The Kier molecular flexibility index (Phi) is 6.81. The molecule has 0 saturated heterocycles. The lowest BCUT2D eigenvalue weighted by atomic mass is 10.1. The SMILES string of the molecule is CCNC(=O)C(C)Oc1c(OC)cc(CCN)cc1OC. The molecule has 0 aliphatic heterocycles.